The van der Waals surface area contributed by atoms with E-state index in [9.17, 15) is 9.59 Å². The Morgan fingerprint density at radius 3 is 2.43 bits per heavy atom. The van der Waals surface area contributed by atoms with Gasteiger partial charge in [-0.3, -0.25) is 9.59 Å². The van der Waals surface area contributed by atoms with Crippen LogP contribution in [0, 0.1) is 0 Å². The highest BCUT2D eigenvalue weighted by atomic mass is 16.5. The van der Waals surface area contributed by atoms with Crippen molar-refractivity contribution in [1.82, 2.24) is 4.57 Å². The Morgan fingerprint density at radius 2 is 1.78 bits per heavy atom. The molecule has 0 unspecified atom stereocenters. The maximum absolute atomic E-state index is 12.1. The van der Waals surface area contributed by atoms with Crippen molar-refractivity contribution in [2.45, 2.75) is 20.4 Å². The summed E-state index contributed by atoms with van der Waals surface area (Å²) < 4.78 is 11.9. The summed E-state index contributed by atoms with van der Waals surface area (Å²) in [5.41, 5.74) is 0.323. The normalized spacial score (nSPS) is 10.2. The minimum absolute atomic E-state index is 0.0764. The van der Waals surface area contributed by atoms with Crippen molar-refractivity contribution in [2.24, 2.45) is 0 Å². The van der Waals surface area contributed by atoms with Gasteiger partial charge >= 0.3 is 0 Å². The van der Waals surface area contributed by atoms with Crippen LogP contribution in [0.4, 0.5) is 5.69 Å². The predicted molar refractivity (Wildman–Crippen MR) is 88.1 cm³/mol. The van der Waals surface area contributed by atoms with Gasteiger partial charge in [-0.2, -0.15) is 0 Å². The van der Waals surface area contributed by atoms with Crippen molar-refractivity contribution >= 4 is 11.6 Å². The van der Waals surface area contributed by atoms with Crippen molar-refractivity contribution in [3.63, 3.8) is 0 Å². The van der Waals surface area contributed by atoms with E-state index in [1.165, 1.54) is 4.57 Å². The average Bonchev–Trinajstić information content (AvgIpc) is 2.53. The molecule has 0 aliphatic heterocycles. The van der Waals surface area contributed by atoms with E-state index in [1.807, 2.05) is 6.92 Å². The van der Waals surface area contributed by atoms with Gasteiger partial charge < -0.3 is 19.4 Å². The number of rotatable bonds is 7. The summed E-state index contributed by atoms with van der Waals surface area (Å²) in [4.78, 5) is 24.2. The lowest BCUT2D eigenvalue weighted by Gasteiger charge is -2.10. The topological polar surface area (TPSA) is 69.6 Å². The Bertz CT molecular complexity index is 707. The van der Waals surface area contributed by atoms with Crippen LogP contribution in [-0.2, 0) is 11.3 Å². The highest BCUT2D eigenvalue weighted by Crippen LogP contribution is 2.15. The number of pyridine rings is 1. The number of ether oxygens (including phenoxy) is 2. The number of hydrogen-bond acceptors (Lipinski definition) is 4. The molecule has 2 aromatic rings. The van der Waals surface area contributed by atoms with Gasteiger partial charge in [0.15, 0.2) is 5.75 Å². The molecule has 6 nitrogen and oxygen atoms in total. The lowest BCUT2D eigenvalue weighted by atomic mass is 10.3. The van der Waals surface area contributed by atoms with E-state index >= 15 is 0 Å². The van der Waals surface area contributed by atoms with Gasteiger partial charge in [0, 0.05) is 11.9 Å². The fourth-order valence-electron chi connectivity index (χ4n) is 2.06. The quantitative estimate of drug-likeness (QED) is 0.851. The Labute approximate surface area is 134 Å². The first kappa shape index (κ1) is 16.6. The number of carbonyl (C=O) groups excluding carboxylic acids is 1. The van der Waals surface area contributed by atoms with Crippen LogP contribution in [-0.4, -0.2) is 23.7 Å². The molecule has 0 atom stereocenters. The second-order valence-corrected chi connectivity index (χ2v) is 4.74. The second kappa shape index (κ2) is 8.03. The standard InChI is InChI=1S/C17H20N2O4/c1-3-22-14-9-7-13(8-10-14)18-16(20)12-19-11-5-6-15(17(19)21)23-4-2/h5-11H,3-4,12H2,1-2H3,(H,18,20). The summed E-state index contributed by atoms with van der Waals surface area (Å²) in [5, 5.41) is 2.74. The molecule has 6 heteroatoms. The summed E-state index contributed by atoms with van der Waals surface area (Å²) in [5.74, 6) is 0.694. The number of amides is 1. The molecule has 0 aliphatic carbocycles. The number of nitrogens with one attached hydrogen (secondary N) is 1. The second-order valence-electron chi connectivity index (χ2n) is 4.74. The first-order valence-electron chi connectivity index (χ1n) is 7.49. The molecule has 1 amide bonds. The lowest BCUT2D eigenvalue weighted by Crippen LogP contribution is -2.27. The zero-order valence-corrected chi connectivity index (χ0v) is 13.2. The van der Waals surface area contributed by atoms with Crippen molar-refractivity contribution in [2.75, 3.05) is 18.5 Å². The number of aromatic nitrogens is 1. The van der Waals surface area contributed by atoms with Crippen molar-refractivity contribution in [1.29, 1.82) is 0 Å². The lowest BCUT2D eigenvalue weighted by molar-refractivity contribution is -0.116. The minimum atomic E-state index is -0.323. The van der Waals surface area contributed by atoms with Gasteiger partial charge in [-0.15, -0.1) is 0 Å². The predicted octanol–water partition coefficient (Wildman–Crippen LogP) is 2.28. The number of hydrogen-bond donors (Lipinski definition) is 1. The van der Waals surface area contributed by atoms with Crippen LogP contribution in [0.5, 0.6) is 11.5 Å². The summed E-state index contributed by atoms with van der Waals surface area (Å²) in [6, 6.07) is 10.3. The maximum Gasteiger partial charge on any atom is 0.293 e. The van der Waals surface area contributed by atoms with E-state index in [4.69, 9.17) is 9.47 Å². The molecular weight excluding hydrogens is 296 g/mol. The van der Waals surface area contributed by atoms with Gasteiger partial charge in [0.1, 0.15) is 12.3 Å². The highest BCUT2D eigenvalue weighted by molar-refractivity contribution is 5.90. The Kier molecular flexibility index (Phi) is 5.80. The van der Waals surface area contributed by atoms with E-state index in [2.05, 4.69) is 5.32 Å². The van der Waals surface area contributed by atoms with Crippen molar-refractivity contribution < 1.29 is 14.3 Å². The van der Waals surface area contributed by atoms with Crippen LogP contribution >= 0.6 is 0 Å². The van der Waals surface area contributed by atoms with Crippen molar-refractivity contribution in [3.05, 3.63) is 52.9 Å². The molecule has 2 rings (SSSR count). The molecule has 0 aliphatic rings. The molecule has 1 aromatic heterocycles. The molecule has 0 saturated carbocycles. The SMILES string of the molecule is CCOc1ccc(NC(=O)Cn2cccc(OCC)c2=O)cc1. The van der Waals surface area contributed by atoms with Crippen LogP contribution < -0.4 is 20.3 Å². The zero-order chi connectivity index (χ0) is 16.7. The van der Waals surface area contributed by atoms with Crippen LogP contribution in [0.3, 0.4) is 0 Å². The van der Waals surface area contributed by atoms with Crippen molar-refractivity contribution in [3.8, 4) is 11.5 Å². The van der Waals surface area contributed by atoms with Gasteiger partial charge in [-0.05, 0) is 50.2 Å². The molecule has 1 heterocycles. The number of benzene rings is 1. The van der Waals surface area contributed by atoms with E-state index in [0.29, 0.717) is 18.9 Å². The molecule has 0 spiro atoms. The Balaban J connectivity index is 2.02. The van der Waals surface area contributed by atoms with Crippen LogP contribution in [0.1, 0.15) is 13.8 Å². The monoisotopic (exact) mass is 316 g/mol. The van der Waals surface area contributed by atoms with Gasteiger partial charge in [0.05, 0.1) is 13.2 Å². The van der Waals surface area contributed by atoms with E-state index in [-0.39, 0.29) is 23.8 Å². The summed E-state index contributed by atoms with van der Waals surface area (Å²) in [6.07, 6.45) is 1.56. The third-order valence-electron chi connectivity index (χ3n) is 3.05. The van der Waals surface area contributed by atoms with Crippen LogP contribution in [0.2, 0.25) is 0 Å². The summed E-state index contributed by atoms with van der Waals surface area (Å²) in [7, 11) is 0. The molecular formula is C17H20N2O4. The minimum Gasteiger partial charge on any atom is -0.494 e. The van der Waals surface area contributed by atoms with E-state index in [0.717, 1.165) is 5.75 Å². The first-order chi connectivity index (χ1) is 11.1. The molecule has 0 radical (unpaired) electrons. The summed E-state index contributed by atoms with van der Waals surface area (Å²) >= 11 is 0. The third-order valence-corrected chi connectivity index (χ3v) is 3.05. The zero-order valence-electron chi connectivity index (χ0n) is 13.2. The largest absolute Gasteiger partial charge is 0.494 e. The summed E-state index contributed by atoms with van der Waals surface area (Å²) in [6.45, 7) is 4.62. The number of carbonyl (C=O) groups is 1. The molecule has 0 fully saturated rings. The Morgan fingerprint density at radius 1 is 1.09 bits per heavy atom. The average molecular weight is 316 g/mol. The molecule has 0 bridgehead atoms. The van der Waals surface area contributed by atoms with E-state index in [1.54, 1.807) is 49.5 Å². The third kappa shape index (κ3) is 4.60. The van der Waals surface area contributed by atoms with Crippen LogP contribution in [0.15, 0.2) is 47.4 Å². The van der Waals surface area contributed by atoms with Gasteiger partial charge in [-0.25, -0.2) is 0 Å². The fraction of sp³-hybridized carbons (Fsp3) is 0.294. The van der Waals surface area contributed by atoms with Gasteiger partial charge in [-0.1, -0.05) is 0 Å². The van der Waals surface area contributed by atoms with Gasteiger partial charge in [0.25, 0.3) is 5.56 Å². The molecule has 0 saturated heterocycles. The molecule has 1 N–H and O–H groups in total. The number of anilines is 1. The molecule has 1 aromatic carbocycles. The number of nitrogens with zero attached hydrogens (tertiary/aromatic N) is 1. The Hall–Kier alpha value is -2.76. The molecule has 23 heavy (non-hydrogen) atoms. The van der Waals surface area contributed by atoms with E-state index < -0.39 is 0 Å². The van der Waals surface area contributed by atoms with Gasteiger partial charge in [0.2, 0.25) is 5.91 Å². The smallest absolute Gasteiger partial charge is 0.293 e. The first-order valence-corrected chi connectivity index (χ1v) is 7.49. The fourth-order valence-corrected chi connectivity index (χ4v) is 2.06. The molecule has 122 valence electrons. The maximum atomic E-state index is 12.1. The highest BCUT2D eigenvalue weighted by Gasteiger charge is 2.08. The van der Waals surface area contributed by atoms with Crippen LogP contribution in [0.25, 0.3) is 0 Å².